The number of esters is 1. The van der Waals surface area contributed by atoms with E-state index in [0.717, 1.165) is 10.7 Å². The van der Waals surface area contributed by atoms with E-state index in [1.807, 2.05) is 0 Å². The second-order valence-corrected chi connectivity index (χ2v) is 7.83. The topological polar surface area (TPSA) is 183 Å². The van der Waals surface area contributed by atoms with E-state index in [1.54, 1.807) is 12.1 Å². The van der Waals surface area contributed by atoms with Gasteiger partial charge in [0, 0.05) is 36.5 Å². The molecule has 1 unspecified atom stereocenters. The number of benzene rings is 2. The molecule has 0 saturated heterocycles. The maximum atomic E-state index is 15.4. The normalized spacial score (nSPS) is 11.5. The van der Waals surface area contributed by atoms with Crippen LogP contribution in [-0.2, 0) is 4.79 Å². The highest BCUT2D eigenvalue weighted by Gasteiger charge is 2.26. The van der Waals surface area contributed by atoms with Crippen LogP contribution in [0.3, 0.4) is 0 Å². The second-order valence-electron chi connectivity index (χ2n) is 7.83. The smallest absolute Gasteiger partial charge is 0.349 e. The number of anilines is 1. The number of carbonyl (C=O) groups excluding carboxylic acids is 1. The number of halogens is 1. The molecular weight excluding hydrogens is 499 g/mol. The molecule has 2 heterocycles. The molecule has 4 aromatic rings. The average Bonchev–Trinajstić information content (AvgIpc) is 3.28. The number of rotatable bonds is 9. The van der Waals surface area contributed by atoms with Crippen LogP contribution in [0.2, 0.25) is 0 Å². The minimum absolute atomic E-state index is 0.0140. The number of hydrogen-bond donors (Lipinski definition) is 4. The number of nitrogen functional groups attached to an aromatic ring is 1. The Morgan fingerprint density at radius 1 is 1.16 bits per heavy atom. The lowest BCUT2D eigenvalue weighted by atomic mass is 10.0. The van der Waals surface area contributed by atoms with Crippen molar-refractivity contribution in [2.24, 2.45) is 5.73 Å². The van der Waals surface area contributed by atoms with Crippen molar-refractivity contribution in [3.63, 3.8) is 0 Å². The molecule has 0 aliphatic heterocycles. The molecule has 196 valence electrons. The van der Waals surface area contributed by atoms with Gasteiger partial charge in [0.2, 0.25) is 0 Å². The minimum Gasteiger partial charge on any atom is -0.493 e. The molecule has 38 heavy (non-hydrogen) atoms. The highest BCUT2D eigenvalue weighted by molar-refractivity contribution is 5.98. The van der Waals surface area contributed by atoms with Crippen LogP contribution >= 0.6 is 0 Å². The number of ether oxygens (including phenoxy) is 3. The Morgan fingerprint density at radius 3 is 2.53 bits per heavy atom. The van der Waals surface area contributed by atoms with Crippen LogP contribution in [0, 0.1) is 11.2 Å². The van der Waals surface area contributed by atoms with Crippen LogP contribution in [-0.4, -0.2) is 51.0 Å². The van der Waals surface area contributed by atoms with Gasteiger partial charge in [0.25, 0.3) is 0 Å². The first-order valence-corrected chi connectivity index (χ1v) is 11.0. The Balaban J connectivity index is 1.86. The molecule has 0 aliphatic rings. The number of amidine groups is 1. The SMILES string of the molecule is COc1cc(F)c(C(Nc2ccc(C(=N)N)c(OC(C)=O)c2)c2nn(-c3cccnn3)c(=O)[nH]2)cc1OC. The highest BCUT2D eigenvalue weighted by Crippen LogP contribution is 2.36. The number of nitrogens with two attached hydrogens (primary N) is 1. The van der Waals surface area contributed by atoms with E-state index in [2.05, 4.69) is 25.6 Å². The lowest BCUT2D eigenvalue weighted by molar-refractivity contribution is -0.131. The third kappa shape index (κ3) is 5.28. The summed E-state index contributed by atoms with van der Waals surface area (Å²) in [5.41, 5.74) is 5.53. The first kappa shape index (κ1) is 25.8. The quantitative estimate of drug-likeness (QED) is 0.110. The van der Waals surface area contributed by atoms with Crippen molar-refractivity contribution in [2.75, 3.05) is 19.5 Å². The molecule has 0 amide bonds. The Labute approximate surface area is 214 Å². The maximum absolute atomic E-state index is 15.4. The third-order valence-electron chi connectivity index (χ3n) is 5.33. The second kappa shape index (κ2) is 10.8. The van der Waals surface area contributed by atoms with E-state index >= 15 is 4.39 Å². The van der Waals surface area contributed by atoms with Gasteiger partial charge in [-0.3, -0.25) is 15.2 Å². The molecule has 0 saturated carbocycles. The van der Waals surface area contributed by atoms with Gasteiger partial charge >= 0.3 is 11.7 Å². The average molecular weight is 522 g/mol. The first-order chi connectivity index (χ1) is 18.2. The summed E-state index contributed by atoms with van der Waals surface area (Å²) in [5.74, 6) is -1.05. The van der Waals surface area contributed by atoms with Crippen LogP contribution in [0.1, 0.15) is 29.9 Å². The Kier molecular flexibility index (Phi) is 7.32. The summed E-state index contributed by atoms with van der Waals surface area (Å²) in [4.78, 5) is 27.0. The van der Waals surface area contributed by atoms with Crippen LogP contribution in [0.4, 0.5) is 10.1 Å². The van der Waals surface area contributed by atoms with Gasteiger partial charge in [-0.1, -0.05) is 0 Å². The lowest BCUT2D eigenvalue weighted by Crippen LogP contribution is -2.18. The van der Waals surface area contributed by atoms with Crippen molar-refractivity contribution in [1.29, 1.82) is 5.41 Å². The van der Waals surface area contributed by atoms with Gasteiger partial charge in [-0.25, -0.2) is 9.18 Å². The third-order valence-corrected chi connectivity index (χ3v) is 5.33. The van der Waals surface area contributed by atoms with Gasteiger partial charge in [-0.15, -0.1) is 10.2 Å². The summed E-state index contributed by atoms with van der Waals surface area (Å²) in [7, 11) is 2.78. The van der Waals surface area contributed by atoms with Crippen LogP contribution < -0.4 is 31.0 Å². The minimum atomic E-state index is -1.09. The van der Waals surface area contributed by atoms with Crippen LogP contribution in [0.5, 0.6) is 17.2 Å². The van der Waals surface area contributed by atoms with Crippen molar-refractivity contribution in [2.45, 2.75) is 13.0 Å². The van der Waals surface area contributed by atoms with E-state index in [9.17, 15) is 9.59 Å². The van der Waals surface area contributed by atoms with Gasteiger partial charge in [0.15, 0.2) is 23.1 Å². The van der Waals surface area contributed by atoms with E-state index in [1.165, 1.54) is 51.6 Å². The number of methoxy groups -OCH3 is 2. The van der Waals surface area contributed by atoms with E-state index in [4.69, 9.17) is 25.4 Å². The predicted molar refractivity (Wildman–Crippen MR) is 134 cm³/mol. The molecule has 2 aromatic carbocycles. The van der Waals surface area contributed by atoms with Gasteiger partial charge < -0.3 is 25.3 Å². The maximum Gasteiger partial charge on any atom is 0.349 e. The Bertz CT molecular complexity index is 1550. The summed E-state index contributed by atoms with van der Waals surface area (Å²) >= 11 is 0. The Hall–Kier alpha value is -5.27. The Morgan fingerprint density at radius 2 is 1.89 bits per heavy atom. The molecule has 0 radical (unpaired) electrons. The fourth-order valence-electron chi connectivity index (χ4n) is 3.66. The molecule has 4 rings (SSSR count). The molecule has 0 bridgehead atoms. The predicted octanol–water partition coefficient (Wildman–Crippen LogP) is 1.92. The molecule has 2 aromatic heterocycles. The zero-order chi connectivity index (χ0) is 27.4. The number of H-pyrrole nitrogens is 1. The zero-order valence-corrected chi connectivity index (χ0v) is 20.5. The van der Waals surface area contributed by atoms with Gasteiger partial charge in [0.1, 0.15) is 23.4 Å². The van der Waals surface area contributed by atoms with Crippen molar-refractivity contribution < 1.29 is 23.4 Å². The molecule has 5 N–H and O–H groups in total. The molecule has 0 spiro atoms. The van der Waals surface area contributed by atoms with Crippen LogP contribution in [0.25, 0.3) is 5.82 Å². The van der Waals surface area contributed by atoms with Crippen molar-refractivity contribution >= 4 is 17.5 Å². The van der Waals surface area contributed by atoms with E-state index in [0.29, 0.717) is 5.69 Å². The summed E-state index contributed by atoms with van der Waals surface area (Å²) in [6.45, 7) is 1.20. The van der Waals surface area contributed by atoms with Gasteiger partial charge in [-0.05, 0) is 30.3 Å². The molecule has 1 atom stereocenters. The van der Waals surface area contributed by atoms with Crippen molar-refractivity contribution in [1.82, 2.24) is 25.0 Å². The summed E-state index contributed by atoms with van der Waals surface area (Å²) in [6, 6.07) is 9.01. The van der Waals surface area contributed by atoms with Crippen LogP contribution in [0.15, 0.2) is 53.5 Å². The highest BCUT2D eigenvalue weighted by atomic mass is 19.1. The van der Waals surface area contributed by atoms with E-state index in [-0.39, 0.29) is 45.9 Å². The monoisotopic (exact) mass is 522 g/mol. The van der Waals surface area contributed by atoms with Crippen molar-refractivity contribution in [3.8, 4) is 23.1 Å². The number of nitrogens with one attached hydrogen (secondary N) is 3. The fourth-order valence-corrected chi connectivity index (χ4v) is 3.66. The van der Waals surface area contributed by atoms with Crippen molar-refractivity contribution in [3.05, 3.63) is 81.9 Å². The molecule has 14 heteroatoms. The number of carbonyl (C=O) groups is 1. The lowest BCUT2D eigenvalue weighted by Gasteiger charge is -2.21. The molecule has 0 aliphatic carbocycles. The number of hydrogen-bond acceptors (Lipinski definition) is 10. The number of nitrogens with zero attached hydrogens (tertiary/aromatic N) is 4. The van der Waals surface area contributed by atoms with Gasteiger partial charge in [0.05, 0.1) is 19.8 Å². The van der Waals surface area contributed by atoms with E-state index < -0.39 is 23.5 Å². The largest absolute Gasteiger partial charge is 0.493 e. The standard InChI is InChI=1S/C24H23FN8O5/c1-12(34)38-17-9-13(6-7-14(17)22(26)27)29-21(15-10-18(36-2)19(37-3)11-16(15)25)23-30-24(35)33(32-23)20-5-4-8-28-31-20/h4-11,21,29H,1-3H3,(H3,26,27)(H,30,32,35). The first-order valence-electron chi connectivity index (χ1n) is 11.0. The molecule has 0 fully saturated rings. The van der Waals surface area contributed by atoms with Gasteiger partial charge in [-0.2, -0.15) is 9.78 Å². The number of aromatic amines is 1. The summed E-state index contributed by atoms with van der Waals surface area (Å²) in [5, 5.41) is 22.8. The molecular formula is C24H23FN8O5. The summed E-state index contributed by atoms with van der Waals surface area (Å²) < 4.78 is 32.1. The summed E-state index contributed by atoms with van der Waals surface area (Å²) in [6.07, 6.45) is 1.44. The number of aromatic nitrogens is 5. The fraction of sp³-hybridized carbons (Fsp3) is 0.167. The molecule has 13 nitrogen and oxygen atoms in total. The zero-order valence-electron chi connectivity index (χ0n) is 20.5.